The number of hydrogen-bond donors (Lipinski definition) is 0. The zero-order valence-corrected chi connectivity index (χ0v) is 21.5. The maximum absolute atomic E-state index is 14.1. The Hall–Kier alpha value is -2.39. The van der Waals surface area contributed by atoms with Gasteiger partial charge < -0.3 is 9.80 Å². The molecule has 0 radical (unpaired) electrons. The molecular weight excluding hydrogens is 489 g/mol. The van der Waals surface area contributed by atoms with Crippen molar-refractivity contribution >= 4 is 15.7 Å². The Morgan fingerprint density at radius 3 is 2.03 bits per heavy atom. The summed E-state index contributed by atoms with van der Waals surface area (Å²) >= 11 is 0. The summed E-state index contributed by atoms with van der Waals surface area (Å²) in [7, 11) is -4.07. The summed E-state index contributed by atoms with van der Waals surface area (Å²) in [6, 6.07) is 10.0. The van der Waals surface area contributed by atoms with Crippen molar-refractivity contribution in [3.8, 4) is 0 Å². The van der Waals surface area contributed by atoms with Gasteiger partial charge in [0.25, 0.3) is 0 Å². The highest BCUT2D eigenvalue weighted by Crippen LogP contribution is 2.49. The van der Waals surface area contributed by atoms with E-state index in [1.165, 1.54) is 24.3 Å². The molecule has 2 aromatic carbocycles. The molecule has 0 aromatic heterocycles. The number of carbonyl (C=O) groups excluding carboxylic acids is 1. The Kier molecular flexibility index (Phi) is 7.80. The van der Waals surface area contributed by atoms with E-state index in [0.29, 0.717) is 32.5 Å². The number of sulfone groups is 1. The number of piperidine rings is 1. The average molecular weight is 523 g/mol. The van der Waals surface area contributed by atoms with E-state index in [1.807, 2.05) is 13.8 Å². The second-order valence-corrected chi connectivity index (χ2v) is 12.5. The van der Waals surface area contributed by atoms with E-state index in [0.717, 1.165) is 17.7 Å². The second kappa shape index (κ2) is 10.5. The molecule has 1 atom stereocenters. The summed E-state index contributed by atoms with van der Waals surface area (Å²) in [4.78, 5) is 17.8. The molecule has 1 aliphatic heterocycles. The van der Waals surface area contributed by atoms with Gasteiger partial charge in [-0.2, -0.15) is 0 Å². The minimum atomic E-state index is -4.07. The maximum Gasteiger partial charge on any atom is 0.244 e. The first-order chi connectivity index (χ1) is 17.0. The van der Waals surface area contributed by atoms with E-state index in [4.69, 9.17) is 0 Å². The standard InChI is InChI=1S/C27H33F3N2O3S/c1-19(2)25(20-3-5-21(28)6-4-20)32(18-17-31-15-11-23(30)12-16-31)26(33)27(13-14-27)36(34,35)24-9-7-22(29)8-10-24/h3-10,19,23,25H,11-18H2,1-2H3. The first-order valence-electron chi connectivity index (χ1n) is 12.5. The maximum atomic E-state index is 14.1. The Balaban J connectivity index is 1.68. The monoisotopic (exact) mass is 522 g/mol. The third-order valence-corrected chi connectivity index (χ3v) is 9.85. The summed E-state index contributed by atoms with van der Waals surface area (Å²) < 4.78 is 66.4. The third-order valence-electron chi connectivity index (χ3n) is 7.35. The van der Waals surface area contributed by atoms with Gasteiger partial charge in [-0.3, -0.25) is 4.79 Å². The number of likely N-dealkylation sites (tertiary alicyclic amines) is 1. The summed E-state index contributed by atoms with van der Waals surface area (Å²) in [5.41, 5.74) is 0.720. The van der Waals surface area contributed by atoms with Crippen LogP contribution in [0.4, 0.5) is 13.2 Å². The van der Waals surface area contributed by atoms with Crippen LogP contribution in [0.15, 0.2) is 53.4 Å². The fraction of sp³-hybridized carbons (Fsp3) is 0.519. The highest BCUT2D eigenvalue weighted by atomic mass is 32.2. The molecule has 1 heterocycles. The average Bonchev–Trinajstić information content (AvgIpc) is 3.66. The zero-order chi connectivity index (χ0) is 26.1. The lowest BCUT2D eigenvalue weighted by molar-refractivity contribution is -0.135. The Labute approximate surface area is 211 Å². The van der Waals surface area contributed by atoms with E-state index >= 15 is 0 Å². The van der Waals surface area contributed by atoms with E-state index in [2.05, 4.69) is 4.90 Å². The molecule has 2 aromatic rings. The Morgan fingerprint density at radius 1 is 1.00 bits per heavy atom. The molecule has 4 rings (SSSR count). The highest BCUT2D eigenvalue weighted by Gasteiger charge is 2.63. The van der Waals surface area contributed by atoms with Gasteiger partial charge in [0.2, 0.25) is 5.91 Å². The van der Waals surface area contributed by atoms with Crippen molar-refractivity contribution in [1.29, 1.82) is 0 Å². The van der Waals surface area contributed by atoms with Gasteiger partial charge in [-0.1, -0.05) is 26.0 Å². The van der Waals surface area contributed by atoms with Gasteiger partial charge in [-0.05, 0) is 73.6 Å². The summed E-state index contributed by atoms with van der Waals surface area (Å²) in [6.07, 6.45) is 0.412. The van der Waals surface area contributed by atoms with E-state index in [9.17, 15) is 26.4 Å². The number of carbonyl (C=O) groups is 1. The van der Waals surface area contributed by atoms with Gasteiger partial charge in [0, 0.05) is 26.2 Å². The minimum absolute atomic E-state index is 0.0809. The molecule has 0 spiro atoms. The van der Waals surface area contributed by atoms with Crippen molar-refractivity contribution in [2.75, 3.05) is 26.2 Å². The molecule has 1 aliphatic carbocycles. The van der Waals surface area contributed by atoms with Crippen LogP contribution in [-0.4, -0.2) is 61.2 Å². The number of rotatable bonds is 9. The van der Waals surface area contributed by atoms with Crippen LogP contribution in [0.2, 0.25) is 0 Å². The topological polar surface area (TPSA) is 57.7 Å². The molecular formula is C27H33F3N2O3S. The molecule has 1 amide bonds. The molecule has 0 N–H and O–H groups in total. The minimum Gasteiger partial charge on any atom is -0.333 e. The van der Waals surface area contributed by atoms with Crippen molar-refractivity contribution in [2.24, 2.45) is 5.92 Å². The fourth-order valence-electron chi connectivity index (χ4n) is 5.14. The summed E-state index contributed by atoms with van der Waals surface area (Å²) in [5.74, 6) is -1.53. The fourth-order valence-corrected chi connectivity index (χ4v) is 7.07. The lowest BCUT2D eigenvalue weighted by atomic mass is 9.93. The lowest BCUT2D eigenvalue weighted by Gasteiger charge is -2.39. The number of benzene rings is 2. The van der Waals surface area contributed by atoms with Crippen LogP contribution in [0.1, 0.15) is 51.1 Å². The normalized spacial score (nSPS) is 19.3. The van der Waals surface area contributed by atoms with E-state index in [-0.39, 0.29) is 30.2 Å². The van der Waals surface area contributed by atoms with Crippen molar-refractivity contribution in [3.05, 3.63) is 65.7 Å². The van der Waals surface area contributed by atoms with Crippen molar-refractivity contribution < 1.29 is 26.4 Å². The highest BCUT2D eigenvalue weighted by molar-refractivity contribution is 7.94. The summed E-state index contributed by atoms with van der Waals surface area (Å²) in [6.45, 7) is 5.77. The lowest BCUT2D eigenvalue weighted by Crippen LogP contribution is -2.50. The van der Waals surface area contributed by atoms with E-state index in [1.54, 1.807) is 17.0 Å². The van der Waals surface area contributed by atoms with Crippen LogP contribution < -0.4 is 0 Å². The third kappa shape index (κ3) is 5.32. The largest absolute Gasteiger partial charge is 0.333 e. The van der Waals surface area contributed by atoms with E-state index < -0.39 is 44.3 Å². The molecule has 9 heteroatoms. The number of hydrogen-bond acceptors (Lipinski definition) is 4. The number of halogens is 3. The van der Waals surface area contributed by atoms with Gasteiger partial charge in [0.15, 0.2) is 14.6 Å². The molecule has 0 bridgehead atoms. The molecule has 1 saturated heterocycles. The van der Waals surface area contributed by atoms with Crippen LogP contribution in [0.5, 0.6) is 0 Å². The molecule has 5 nitrogen and oxygen atoms in total. The van der Waals surface area contributed by atoms with Gasteiger partial charge in [0.1, 0.15) is 17.8 Å². The Bertz CT molecular complexity index is 1160. The van der Waals surface area contributed by atoms with Crippen molar-refractivity contribution in [3.63, 3.8) is 0 Å². The molecule has 1 saturated carbocycles. The van der Waals surface area contributed by atoms with Crippen LogP contribution >= 0.6 is 0 Å². The van der Waals surface area contributed by atoms with Gasteiger partial charge in [-0.25, -0.2) is 21.6 Å². The predicted molar refractivity (Wildman–Crippen MR) is 132 cm³/mol. The summed E-state index contributed by atoms with van der Waals surface area (Å²) in [5, 5.41) is 0. The Morgan fingerprint density at radius 2 is 1.53 bits per heavy atom. The van der Waals surface area contributed by atoms with Gasteiger partial charge in [0.05, 0.1) is 10.9 Å². The first-order valence-corrected chi connectivity index (χ1v) is 14.0. The predicted octanol–water partition coefficient (Wildman–Crippen LogP) is 4.93. The van der Waals surface area contributed by atoms with Gasteiger partial charge in [-0.15, -0.1) is 0 Å². The zero-order valence-electron chi connectivity index (χ0n) is 20.7. The van der Waals surface area contributed by atoms with Crippen molar-refractivity contribution in [1.82, 2.24) is 9.80 Å². The molecule has 1 unspecified atom stereocenters. The SMILES string of the molecule is CC(C)C(c1ccc(F)cc1)N(CCN1CCC(F)CC1)C(=O)C1(S(=O)(=O)c2ccc(F)cc2)CC1. The molecule has 196 valence electrons. The first kappa shape index (κ1) is 26.7. The van der Waals surface area contributed by atoms with Crippen LogP contribution in [0.25, 0.3) is 0 Å². The van der Waals surface area contributed by atoms with Gasteiger partial charge >= 0.3 is 0 Å². The second-order valence-electron chi connectivity index (χ2n) is 10.2. The number of nitrogens with zero attached hydrogens (tertiary/aromatic N) is 2. The van der Waals surface area contributed by atoms with Crippen LogP contribution in [0, 0.1) is 17.6 Å². The van der Waals surface area contributed by atoms with Crippen LogP contribution in [0.3, 0.4) is 0 Å². The quantitative estimate of drug-likeness (QED) is 0.438. The molecule has 36 heavy (non-hydrogen) atoms. The molecule has 2 aliphatic rings. The smallest absolute Gasteiger partial charge is 0.244 e. The number of amides is 1. The number of alkyl halides is 1. The molecule has 2 fully saturated rings. The van der Waals surface area contributed by atoms with Crippen LogP contribution in [-0.2, 0) is 14.6 Å². The van der Waals surface area contributed by atoms with Crippen molar-refractivity contribution in [2.45, 2.75) is 61.4 Å².